The lowest BCUT2D eigenvalue weighted by Crippen LogP contribution is -2.33. The van der Waals surface area contributed by atoms with Gasteiger partial charge in [0.1, 0.15) is 5.75 Å². The van der Waals surface area contributed by atoms with Crippen LogP contribution in [0.3, 0.4) is 0 Å². The summed E-state index contributed by atoms with van der Waals surface area (Å²) in [6.07, 6.45) is 1.74. The molecule has 0 fully saturated rings. The van der Waals surface area contributed by atoms with Crippen molar-refractivity contribution in [3.63, 3.8) is 0 Å². The van der Waals surface area contributed by atoms with Gasteiger partial charge in [-0.2, -0.15) is 0 Å². The minimum atomic E-state index is -0.388. The van der Waals surface area contributed by atoms with Crippen LogP contribution in [0.4, 0.5) is 11.4 Å². The lowest BCUT2D eigenvalue weighted by molar-refractivity contribution is -0.113. The lowest BCUT2D eigenvalue weighted by atomic mass is 10.0. The van der Waals surface area contributed by atoms with Crippen molar-refractivity contribution in [3.05, 3.63) is 72.6 Å². The molecule has 196 valence electrons. The molecule has 0 saturated carbocycles. The quantitative estimate of drug-likeness (QED) is 0.269. The number of allylic oxidation sites excluding steroid dienone is 1. The van der Waals surface area contributed by atoms with E-state index >= 15 is 0 Å². The van der Waals surface area contributed by atoms with Gasteiger partial charge in [0, 0.05) is 37.6 Å². The fraction of sp³-hybridized carbons (Fsp3) is 0.333. The summed E-state index contributed by atoms with van der Waals surface area (Å²) in [6.45, 7) is 8.31. The molecule has 0 unspecified atom stereocenters. The zero-order chi connectivity index (χ0) is 26.9. The summed E-state index contributed by atoms with van der Waals surface area (Å²) in [7, 11) is 5.51. The first-order valence-electron chi connectivity index (χ1n) is 11.9. The number of hydrogen-bond acceptors (Lipinski definition) is 7. The fourth-order valence-electron chi connectivity index (χ4n) is 3.60. The molecule has 1 aromatic heterocycles. The van der Waals surface area contributed by atoms with Crippen LogP contribution in [-0.2, 0) is 11.3 Å². The number of carbonyl (C=O) groups is 2. The summed E-state index contributed by atoms with van der Waals surface area (Å²) in [5.41, 5.74) is 2.30. The lowest BCUT2D eigenvalue weighted by Gasteiger charge is -2.22. The number of nitrogens with one attached hydrogen (secondary N) is 2. The third-order valence-corrected chi connectivity index (χ3v) is 6.61. The van der Waals surface area contributed by atoms with Crippen molar-refractivity contribution in [3.8, 4) is 5.75 Å². The van der Waals surface area contributed by atoms with Crippen molar-refractivity contribution in [1.82, 2.24) is 20.1 Å². The highest BCUT2D eigenvalue weighted by molar-refractivity contribution is 7.99. The second kappa shape index (κ2) is 13.0. The Morgan fingerprint density at radius 3 is 2.35 bits per heavy atom. The molecule has 3 rings (SSSR count). The number of anilines is 2. The molecular formula is C27H34N6O3S. The van der Waals surface area contributed by atoms with E-state index in [0.29, 0.717) is 28.8 Å². The Balaban J connectivity index is 1.71. The third-order valence-electron chi connectivity index (χ3n) is 5.64. The van der Waals surface area contributed by atoms with Gasteiger partial charge in [-0.25, -0.2) is 0 Å². The minimum absolute atomic E-state index is 0.0428. The summed E-state index contributed by atoms with van der Waals surface area (Å²) in [5, 5.41) is 15.3. The Morgan fingerprint density at radius 1 is 1.11 bits per heavy atom. The van der Waals surface area contributed by atoms with Crippen LogP contribution in [0.5, 0.6) is 5.75 Å². The number of ether oxygens (including phenoxy) is 1. The number of aromatic nitrogens is 3. The number of hydrogen-bond donors (Lipinski definition) is 2. The number of rotatable bonds is 12. The monoisotopic (exact) mass is 522 g/mol. The van der Waals surface area contributed by atoms with Crippen molar-refractivity contribution < 1.29 is 14.3 Å². The fourth-order valence-corrected chi connectivity index (χ4v) is 4.36. The molecule has 0 aliphatic rings. The first-order chi connectivity index (χ1) is 17.7. The van der Waals surface area contributed by atoms with Crippen molar-refractivity contribution in [2.45, 2.75) is 31.6 Å². The van der Waals surface area contributed by atoms with Crippen LogP contribution < -0.4 is 20.3 Å². The molecule has 0 aliphatic heterocycles. The van der Waals surface area contributed by atoms with Gasteiger partial charge in [0.15, 0.2) is 11.0 Å². The van der Waals surface area contributed by atoms with Crippen LogP contribution in [0.1, 0.15) is 36.1 Å². The maximum atomic E-state index is 13.0. The van der Waals surface area contributed by atoms with Gasteiger partial charge in [-0.1, -0.05) is 31.7 Å². The summed E-state index contributed by atoms with van der Waals surface area (Å²) >= 11 is 1.29. The van der Waals surface area contributed by atoms with E-state index in [0.717, 1.165) is 11.4 Å². The van der Waals surface area contributed by atoms with E-state index < -0.39 is 0 Å². The predicted molar refractivity (Wildman–Crippen MR) is 148 cm³/mol. The minimum Gasteiger partial charge on any atom is -0.497 e. The SMILES string of the molecule is C=CCn1c(SCC(=O)Nc2ccc(N(C)C)cc2)nnc1[C@@H](NC(=O)c1ccc(OC)cc1)C(C)C. The van der Waals surface area contributed by atoms with Gasteiger partial charge < -0.3 is 24.8 Å². The molecule has 0 bridgehead atoms. The molecule has 3 aromatic rings. The highest BCUT2D eigenvalue weighted by atomic mass is 32.2. The average Bonchev–Trinajstić information content (AvgIpc) is 3.28. The number of methoxy groups -OCH3 is 1. The van der Waals surface area contributed by atoms with Crippen LogP contribution in [0, 0.1) is 5.92 Å². The second-order valence-corrected chi connectivity index (χ2v) is 9.88. The smallest absolute Gasteiger partial charge is 0.251 e. The number of thioether (sulfide) groups is 1. The van der Waals surface area contributed by atoms with E-state index in [1.807, 2.05) is 61.7 Å². The molecule has 0 aliphatic carbocycles. The molecular weight excluding hydrogens is 488 g/mol. The van der Waals surface area contributed by atoms with E-state index in [1.165, 1.54) is 11.8 Å². The zero-order valence-electron chi connectivity index (χ0n) is 21.9. The van der Waals surface area contributed by atoms with Gasteiger partial charge >= 0.3 is 0 Å². The number of amides is 2. The molecule has 9 nitrogen and oxygen atoms in total. The third kappa shape index (κ3) is 7.36. The number of nitrogens with zero attached hydrogens (tertiary/aromatic N) is 4. The number of carbonyl (C=O) groups excluding carboxylic acids is 2. The molecule has 37 heavy (non-hydrogen) atoms. The maximum Gasteiger partial charge on any atom is 0.251 e. The van der Waals surface area contributed by atoms with Crippen molar-refractivity contribution in [2.24, 2.45) is 5.92 Å². The van der Waals surface area contributed by atoms with Gasteiger partial charge in [0.05, 0.1) is 18.9 Å². The van der Waals surface area contributed by atoms with E-state index in [2.05, 4.69) is 27.4 Å². The zero-order valence-corrected chi connectivity index (χ0v) is 22.7. The predicted octanol–water partition coefficient (Wildman–Crippen LogP) is 4.40. The molecule has 2 amide bonds. The molecule has 0 spiro atoms. The summed E-state index contributed by atoms with van der Waals surface area (Å²) in [4.78, 5) is 27.5. The highest BCUT2D eigenvalue weighted by Crippen LogP contribution is 2.26. The normalized spacial score (nSPS) is 11.6. The van der Waals surface area contributed by atoms with Gasteiger partial charge in [-0.15, -0.1) is 16.8 Å². The average molecular weight is 523 g/mol. The highest BCUT2D eigenvalue weighted by Gasteiger charge is 2.26. The molecule has 2 aromatic carbocycles. The molecule has 0 radical (unpaired) electrons. The van der Waals surface area contributed by atoms with Crippen LogP contribution in [0.15, 0.2) is 66.3 Å². The molecule has 10 heteroatoms. The van der Waals surface area contributed by atoms with Crippen molar-refractivity contribution >= 4 is 35.0 Å². The summed E-state index contributed by atoms with van der Waals surface area (Å²) in [5.74, 6) is 1.13. The first kappa shape index (κ1) is 27.8. The topological polar surface area (TPSA) is 101 Å². The maximum absolute atomic E-state index is 13.0. The number of benzene rings is 2. The second-order valence-electron chi connectivity index (χ2n) is 8.94. The van der Waals surface area contributed by atoms with E-state index in [-0.39, 0.29) is 29.5 Å². The molecule has 0 saturated heterocycles. The molecule has 1 atom stereocenters. The van der Waals surface area contributed by atoms with Crippen molar-refractivity contribution in [1.29, 1.82) is 0 Å². The van der Waals surface area contributed by atoms with Gasteiger partial charge in [0.2, 0.25) is 5.91 Å². The molecule has 1 heterocycles. The standard InChI is InChI=1S/C27H34N6O3S/c1-7-16-33-25(24(18(2)3)29-26(35)19-8-14-22(36-6)15-9-19)30-31-27(33)37-17-23(34)28-20-10-12-21(13-11-20)32(4)5/h7-15,18,24H,1,16-17H2,2-6H3,(H,28,34)(H,29,35)/t24-/m0/s1. The Morgan fingerprint density at radius 2 is 1.78 bits per heavy atom. The summed E-state index contributed by atoms with van der Waals surface area (Å²) in [6, 6.07) is 14.2. The van der Waals surface area contributed by atoms with E-state index in [1.54, 1.807) is 37.5 Å². The van der Waals surface area contributed by atoms with E-state index in [4.69, 9.17) is 4.74 Å². The Hall–Kier alpha value is -3.79. The van der Waals surface area contributed by atoms with E-state index in [9.17, 15) is 9.59 Å². The van der Waals surface area contributed by atoms with Crippen LogP contribution in [0.2, 0.25) is 0 Å². The Bertz CT molecular complexity index is 1210. The summed E-state index contributed by atoms with van der Waals surface area (Å²) < 4.78 is 7.06. The first-order valence-corrected chi connectivity index (χ1v) is 12.9. The van der Waals surface area contributed by atoms with Crippen LogP contribution >= 0.6 is 11.8 Å². The van der Waals surface area contributed by atoms with Gasteiger partial charge in [0.25, 0.3) is 5.91 Å². The van der Waals surface area contributed by atoms with Crippen LogP contribution in [0.25, 0.3) is 0 Å². The largest absolute Gasteiger partial charge is 0.497 e. The Labute approximate surface area is 222 Å². The van der Waals surface area contributed by atoms with Gasteiger partial charge in [-0.05, 0) is 54.4 Å². The molecule has 2 N–H and O–H groups in total. The van der Waals surface area contributed by atoms with Gasteiger partial charge in [-0.3, -0.25) is 9.59 Å². The Kier molecular flexibility index (Phi) is 9.73. The van der Waals surface area contributed by atoms with Crippen LogP contribution in [-0.4, -0.2) is 53.5 Å². The van der Waals surface area contributed by atoms with Crippen molar-refractivity contribution in [2.75, 3.05) is 37.2 Å².